The maximum atomic E-state index is 13.6. The quantitative estimate of drug-likeness (QED) is 0.582. The topological polar surface area (TPSA) is 75.2 Å². The lowest BCUT2D eigenvalue weighted by Gasteiger charge is -2.25. The minimum atomic E-state index is -3.63. The van der Waals surface area contributed by atoms with Crippen LogP contribution in [0.1, 0.15) is 12.8 Å². The molecule has 0 spiro atoms. The van der Waals surface area contributed by atoms with Gasteiger partial charge < -0.3 is 5.32 Å². The number of rotatable bonds is 6. The van der Waals surface area contributed by atoms with Crippen molar-refractivity contribution in [3.8, 4) is 11.1 Å². The van der Waals surface area contributed by atoms with Crippen molar-refractivity contribution in [1.82, 2.24) is 14.3 Å². The number of nitrogens with one attached hydrogen (secondary N) is 1. The molecule has 6 nitrogen and oxygen atoms in total. The van der Waals surface area contributed by atoms with Gasteiger partial charge in [0.05, 0.1) is 9.37 Å². The van der Waals surface area contributed by atoms with Crippen LogP contribution in [0, 0.1) is 0 Å². The molecule has 8 heteroatoms. The number of sulfonamides is 1. The standard InChI is InChI=1S/C21H21BrN4O2S/c22-17-13-23-21(24-14-17)25-15-18-9-6-12-26(18)29(27,28)20-11-5-4-10-19(20)16-7-2-1-3-8-16/h1-5,7-8,10-11,13-14,18H,6,9,12,15H2,(H,23,24,25). The fourth-order valence-electron chi connectivity index (χ4n) is 3.62. The Morgan fingerprint density at radius 1 is 1.03 bits per heavy atom. The summed E-state index contributed by atoms with van der Waals surface area (Å²) in [6, 6.07) is 16.7. The van der Waals surface area contributed by atoms with Gasteiger partial charge in [0.1, 0.15) is 0 Å². The molecule has 0 aliphatic carbocycles. The van der Waals surface area contributed by atoms with E-state index in [4.69, 9.17) is 0 Å². The Kier molecular flexibility index (Phi) is 5.94. The molecule has 1 atom stereocenters. The zero-order valence-corrected chi connectivity index (χ0v) is 18.1. The molecule has 1 aliphatic rings. The van der Waals surface area contributed by atoms with Gasteiger partial charge in [0.2, 0.25) is 16.0 Å². The monoisotopic (exact) mass is 472 g/mol. The van der Waals surface area contributed by atoms with Crippen LogP contribution in [0.3, 0.4) is 0 Å². The van der Waals surface area contributed by atoms with Gasteiger partial charge in [0, 0.05) is 37.1 Å². The number of anilines is 1. The molecule has 0 amide bonds. The first-order chi connectivity index (χ1) is 14.1. The highest BCUT2D eigenvalue weighted by molar-refractivity contribution is 9.10. The Balaban J connectivity index is 1.59. The molecule has 2 aromatic carbocycles. The van der Waals surface area contributed by atoms with E-state index in [9.17, 15) is 8.42 Å². The Hall–Kier alpha value is -2.29. The predicted octanol–water partition coefficient (Wildman–Crippen LogP) is 4.17. The molecule has 150 valence electrons. The fourth-order valence-corrected chi connectivity index (χ4v) is 5.73. The summed E-state index contributed by atoms with van der Waals surface area (Å²) >= 11 is 3.31. The lowest BCUT2D eigenvalue weighted by molar-refractivity contribution is 0.398. The molecule has 4 rings (SSSR count). The summed E-state index contributed by atoms with van der Waals surface area (Å²) in [6.45, 7) is 0.980. The molecule has 1 aromatic heterocycles. The molecule has 1 saturated heterocycles. The molecular formula is C21H21BrN4O2S. The number of hydrogen-bond donors (Lipinski definition) is 1. The smallest absolute Gasteiger partial charge is 0.244 e. The Bertz CT molecular complexity index is 1080. The van der Waals surface area contributed by atoms with E-state index in [2.05, 4.69) is 31.2 Å². The second kappa shape index (κ2) is 8.61. The van der Waals surface area contributed by atoms with E-state index in [-0.39, 0.29) is 6.04 Å². The van der Waals surface area contributed by atoms with E-state index in [0.717, 1.165) is 28.4 Å². The van der Waals surface area contributed by atoms with Gasteiger partial charge in [-0.05, 0) is 40.4 Å². The van der Waals surface area contributed by atoms with E-state index in [1.165, 1.54) is 0 Å². The SMILES string of the molecule is O=S(=O)(c1ccccc1-c1ccccc1)N1CCCC1CNc1ncc(Br)cn1. The average Bonchev–Trinajstić information content (AvgIpc) is 3.24. The summed E-state index contributed by atoms with van der Waals surface area (Å²) in [4.78, 5) is 8.75. The molecule has 29 heavy (non-hydrogen) atoms. The average molecular weight is 473 g/mol. The van der Waals surface area contributed by atoms with Crippen LogP contribution in [0.25, 0.3) is 11.1 Å². The molecule has 1 N–H and O–H groups in total. The van der Waals surface area contributed by atoms with Crippen LogP contribution < -0.4 is 5.32 Å². The third-order valence-electron chi connectivity index (χ3n) is 5.00. The third-order valence-corrected chi connectivity index (χ3v) is 7.42. The first-order valence-corrected chi connectivity index (χ1v) is 11.7. The summed E-state index contributed by atoms with van der Waals surface area (Å²) < 4.78 is 29.5. The van der Waals surface area contributed by atoms with Crippen LogP contribution in [0.2, 0.25) is 0 Å². The van der Waals surface area contributed by atoms with Crippen LogP contribution in [-0.4, -0.2) is 41.8 Å². The summed E-state index contributed by atoms with van der Waals surface area (Å²) in [7, 11) is -3.63. The van der Waals surface area contributed by atoms with E-state index in [0.29, 0.717) is 23.9 Å². The number of hydrogen-bond acceptors (Lipinski definition) is 5. The maximum Gasteiger partial charge on any atom is 0.244 e. The van der Waals surface area contributed by atoms with Crippen LogP contribution in [0.4, 0.5) is 5.95 Å². The Morgan fingerprint density at radius 2 is 1.72 bits per heavy atom. The number of aromatic nitrogens is 2. The largest absolute Gasteiger partial charge is 0.353 e. The summed E-state index contributed by atoms with van der Waals surface area (Å²) in [6.07, 6.45) is 4.96. The van der Waals surface area contributed by atoms with Gasteiger partial charge in [-0.2, -0.15) is 4.31 Å². The number of nitrogens with zero attached hydrogens (tertiary/aromatic N) is 3. The van der Waals surface area contributed by atoms with Crippen molar-refractivity contribution in [2.24, 2.45) is 0 Å². The van der Waals surface area contributed by atoms with E-state index < -0.39 is 10.0 Å². The van der Waals surface area contributed by atoms with Crippen LogP contribution in [0.5, 0.6) is 0 Å². The van der Waals surface area contributed by atoms with Gasteiger partial charge in [-0.3, -0.25) is 0 Å². The van der Waals surface area contributed by atoms with E-state index in [1.54, 1.807) is 28.8 Å². The van der Waals surface area contributed by atoms with Crippen molar-refractivity contribution in [1.29, 1.82) is 0 Å². The first kappa shape index (κ1) is 20.0. The van der Waals surface area contributed by atoms with Crippen molar-refractivity contribution in [2.45, 2.75) is 23.8 Å². The van der Waals surface area contributed by atoms with Gasteiger partial charge in [0.25, 0.3) is 0 Å². The van der Waals surface area contributed by atoms with Gasteiger partial charge in [-0.15, -0.1) is 0 Å². The van der Waals surface area contributed by atoms with Crippen LogP contribution >= 0.6 is 15.9 Å². The van der Waals surface area contributed by atoms with Crippen molar-refractivity contribution >= 4 is 31.9 Å². The van der Waals surface area contributed by atoms with Crippen LogP contribution in [-0.2, 0) is 10.0 Å². The normalized spacial score (nSPS) is 17.3. The fraction of sp³-hybridized carbons (Fsp3) is 0.238. The summed E-state index contributed by atoms with van der Waals surface area (Å²) in [5.74, 6) is 0.488. The highest BCUT2D eigenvalue weighted by Crippen LogP contribution is 2.32. The maximum absolute atomic E-state index is 13.6. The lowest BCUT2D eigenvalue weighted by Crippen LogP contribution is -2.39. The van der Waals surface area contributed by atoms with Crippen LogP contribution in [0.15, 0.2) is 76.4 Å². The second-order valence-corrected chi connectivity index (χ2v) is 9.65. The highest BCUT2D eigenvalue weighted by Gasteiger charge is 2.36. The molecule has 0 bridgehead atoms. The van der Waals surface area contributed by atoms with Gasteiger partial charge >= 0.3 is 0 Å². The molecule has 1 aliphatic heterocycles. The Labute approximate surface area is 179 Å². The third kappa shape index (κ3) is 4.34. The highest BCUT2D eigenvalue weighted by atomic mass is 79.9. The van der Waals surface area contributed by atoms with Crippen molar-refractivity contribution in [3.63, 3.8) is 0 Å². The number of halogens is 1. The molecule has 1 fully saturated rings. The van der Waals surface area contributed by atoms with Gasteiger partial charge in [-0.25, -0.2) is 18.4 Å². The zero-order valence-electron chi connectivity index (χ0n) is 15.7. The van der Waals surface area contributed by atoms with Crippen molar-refractivity contribution in [2.75, 3.05) is 18.4 Å². The van der Waals surface area contributed by atoms with Crippen molar-refractivity contribution < 1.29 is 8.42 Å². The molecule has 3 aromatic rings. The lowest BCUT2D eigenvalue weighted by atomic mass is 10.1. The Morgan fingerprint density at radius 3 is 2.48 bits per heavy atom. The van der Waals surface area contributed by atoms with Crippen molar-refractivity contribution in [3.05, 3.63) is 71.5 Å². The molecule has 0 saturated carbocycles. The minimum absolute atomic E-state index is 0.143. The summed E-state index contributed by atoms with van der Waals surface area (Å²) in [5, 5.41) is 3.16. The zero-order chi connectivity index (χ0) is 20.3. The second-order valence-electron chi connectivity index (χ2n) is 6.88. The molecule has 2 heterocycles. The number of benzene rings is 2. The minimum Gasteiger partial charge on any atom is -0.353 e. The molecular weight excluding hydrogens is 452 g/mol. The molecule has 1 unspecified atom stereocenters. The van der Waals surface area contributed by atoms with Gasteiger partial charge in [0.15, 0.2) is 0 Å². The van der Waals surface area contributed by atoms with E-state index >= 15 is 0 Å². The first-order valence-electron chi connectivity index (χ1n) is 9.43. The summed E-state index contributed by atoms with van der Waals surface area (Å²) in [5.41, 5.74) is 1.62. The van der Waals surface area contributed by atoms with E-state index in [1.807, 2.05) is 42.5 Å². The van der Waals surface area contributed by atoms with Gasteiger partial charge in [-0.1, -0.05) is 48.5 Å². The molecule has 0 radical (unpaired) electrons. The predicted molar refractivity (Wildman–Crippen MR) is 117 cm³/mol.